The number of aliphatic carboxylic acids is 1. The Balaban J connectivity index is 2.53. The molecule has 0 bridgehead atoms. The molecular weight excluding hydrogens is 286 g/mol. The maximum Gasteiger partial charge on any atom is 0.328 e. The van der Waals surface area contributed by atoms with Gasteiger partial charge in [0.1, 0.15) is 0 Å². The van der Waals surface area contributed by atoms with Gasteiger partial charge < -0.3 is 19.5 Å². The van der Waals surface area contributed by atoms with Gasteiger partial charge in [-0.15, -0.1) is 6.58 Å². The summed E-state index contributed by atoms with van der Waals surface area (Å²) in [5, 5.41) is 8.74. The van der Waals surface area contributed by atoms with Gasteiger partial charge in [-0.1, -0.05) is 6.08 Å². The monoisotopic (exact) mass is 303 g/mol. The van der Waals surface area contributed by atoms with E-state index in [0.29, 0.717) is 35.9 Å². The van der Waals surface area contributed by atoms with Gasteiger partial charge >= 0.3 is 5.97 Å². The number of ether oxygens (including phenoxy) is 2. The number of carboxylic acid groups (broad SMARTS) is 1. The number of benzene rings is 1. The van der Waals surface area contributed by atoms with Gasteiger partial charge in [0.05, 0.1) is 12.3 Å². The van der Waals surface area contributed by atoms with Crippen molar-refractivity contribution in [1.82, 2.24) is 0 Å². The Morgan fingerprint density at radius 1 is 1.55 bits per heavy atom. The maximum absolute atomic E-state index is 12.0. The van der Waals surface area contributed by atoms with Gasteiger partial charge in [0.15, 0.2) is 18.1 Å². The number of carbonyl (C=O) groups is 2. The second-order valence-electron chi connectivity index (χ2n) is 4.55. The van der Waals surface area contributed by atoms with Crippen LogP contribution in [0.4, 0.5) is 5.69 Å². The summed E-state index contributed by atoms with van der Waals surface area (Å²) in [6.07, 6.45) is 4.09. The van der Waals surface area contributed by atoms with E-state index >= 15 is 0 Å². The molecule has 0 fully saturated rings. The van der Waals surface area contributed by atoms with Gasteiger partial charge in [0.2, 0.25) is 0 Å². The van der Waals surface area contributed by atoms with Crippen LogP contribution in [0.1, 0.15) is 12.5 Å². The molecule has 0 radical (unpaired) electrons. The Bertz CT molecular complexity index is 636. The highest BCUT2D eigenvalue weighted by atomic mass is 16.5. The van der Waals surface area contributed by atoms with Crippen molar-refractivity contribution in [2.45, 2.75) is 6.92 Å². The molecule has 1 aliphatic rings. The van der Waals surface area contributed by atoms with Gasteiger partial charge in [0.25, 0.3) is 5.91 Å². The zero-order chi connectivity index (χ0) is 16.1. The van der Waals surface area contributed by atoms with Crippen LogP contribution in [0.25, 0.3) is 6.08 Å². The van der Waals surface area contributed by atoms with Crippen LogP contribution in [0, 0.1) is 0 Å². The first-order valence-corrected chi connectivity index (χ1v) is 6.82. The third-order valence-electron chi connectivity index (χ3n) is 3.02. The Hall–Kier alpha value is -2.76. The number of rotatable bonds is 6. The second kappa shape index (κ2) is 6.80. The quantitative estimate of drug-likeness (QED) is 0.643. The third-order valence-corrected chi connectivity index (χ3v) is 3.02. The van der Waals surface area contributed by atoms with Crippen molar-refractivity contribution in [3.63, 3.8) is 0 Å². The summed E-state index contributed by atoms with van der Waals surface area (Å²) in [6, 6.07) is 3.38. The second-order valence-corrected chi connectivity index (χ2v) is 4.55. The zero-order valence-electron chi connectivity index (χ0n) is 12.2. The van der Waals surface area contributed by atoms with Crippen molar-refractivity contribution in [1.29, 1.82) is 0 Å². The molecule has 0 saturated carbocycles. The van der Waals surface area contributed by atoms with Crippen LogP contribution >= 0.6 is 0 Å². The van der Waals surface area contributed by atoms with Crippen molar-refractivity contribution in [2.75, 3.05) is 24.7 Å². The van der Waals surface area contributed by atoms with Crippen LogP contribution in [-0.2, 0) is 9.59 Å². The molecule has 0 aromatic heterocycles. The molecule has 6 nitrogen and oxygen atoms in total. The smallest absolute Gasteiger partial charge is 0.328 e. The van der Waals surface area contributed by atoms with Gasteiger partial charge in [-0.25, -0.2) is 4.79 Å². The van der Waals surface area contributed by atoms with Crippen molar-refractivity contribution >= 4 is 23.6 Å². The molecule has 1 N–H and O–H groups in total. The molecule has 6 heteroatoms. The number of nitrogens with zero attached hydrogens (tertiary/aromatic N) is 1. The third kappa shape index (κ3) is 3.28. The lowest BCUT2D eigenvalue weighted by Crippen LogP contribution is -2.39. The average molecular weight is 303 g/mol. The van der Waals surface area contributed by atoms with E-state index in [0.717, 1.165) is 6.08 Å². The Labute approximate surface area is 128 Å². The predicted octanol–water partition coefficient (Wildman–Crippen LogP) is 2.09. The molecule has 1 aromatic carbocycles. The number of carboxylic acids is 1. The number of carbonyl (C=O) groups excluding carboxylic acids is 1. The highest BCUT2D eigenvalue weighted by Crippen LogP contribution is 2.41. The predicted molar refractivity (Wildman–Crippen MR) is 82.3 cm³/mol. The van der Waals surface area contributed by atoms with E-state index < -0.39 is 5.97 Å². The molecule has 1 aliphatic heterocycles. The van der Waals surface area contributed by atoms with Gasteiger partial charge in [-0.05, 0) is 30.7 Å². The zero-order valence-corrected chi connectivity index (χ0v) is 12.2. The summed E-state index contributed by atoms with van der Waals surface area (Å²) in [4.78, 5) is 24.2. The van der Waals surface area contributed by atoms with Gasteiger partial charge in [0, 0.05) is 12.6 Å². The van der Waals surface area contributed by atoms with Gasteiger partial charge in [-0.2, -0.15) is 0 Å². The lowest BCUT2D eigenvalue weighted by Gasteiger charge is -2.30. The Kier molecular flexibility index (Phi) is 4.83. The van der Waals surface area contributed by atoms with E-state index in [1.807, 2.05) is 6.92 Å². The van der Waals surface area contributed by atoms with E-state index in [1.165, 1.54) is 11.0 Å². The molecule has 0 saturated heterocycles. The highest BCUT2D eigenvalue weighted by molar-refractivity contribution is 5.99. The minimum atomic E-state index is -1.05. The van der Waals surface area contributed by atoms with E-state index in [4.69, 9.17) is 14.6 Å². The largest absolute Gasteiger partial charge is 0.490 e. The molecule has 0 unspecified atom stereocenters. The van der Waals surface area contributed by atoms with Crippen LogP contribution in [0.2, 0.25) is 0 Å². The van der Waals surface area contributed by atoms with Gasteiger partial charge in [-0.3, -0.25) is 4.79 Å². The summed E-state index contributed by atoms with van der Waals surface area (Å²) in [5.41, 5.74) is 1.16. The van der Waals surface area contributed by atoms with Crippen LogP contribution < -0.4 is 14.4 Å². The first-order valence-electron chi connectivity index (χ1n) is 6.82. The first kappa shape index (κ1) is 15.6. The van der Waals surface area contributed by atoms with E-state index in [1.54, 1.807) is 18.2 Å². The summed E-state index contributed by atoms with van der Waals surface area (Å²) >= 11 is 0. The molecule has 1 aromatic rings. The lowest BCUT2D eigenvalue weighted by atomic mass is 10.1. The molecule has 1 heterocycles. The van der Waals surface area contributed by atoms with Crippen molar-refractivity contribution in [3.8, 4) is 11.5 Å². The van der Waals surface area contributed by atoms with Crippen LogP contribution in [0.5, 0.6) is 11.5 Å². The highest BCUT2D eigenvalue weighted by Gasteiger charge is 2.28. The maximum atomic E-state index is 12.0. The molecule has 2 rings (SSSR count). The van der Waals surface area contributed by atoms with E-state index in [9.17, 15) is 9.59 Å². The normalized spacial score (nSPS) is 13.7. The fourth-order valence-electron chi connectivity index (χ4n) is 2.16. The summed E-state index contributed by atoms with van der Waals surface area (Å²) in [7, 11) is 0. The number of hydrogen-bond acceptors (Lipinski definition) is 4. The van der Waals surface area contributed by atoms with Crippen LogP contribution in [-0.4, -0.2) is 36.7 Å². The molecule has 0 aliphatic carbocycles. The van der Waals surface area contributed by atoms with Crippen LogP contribution in [0.15, 0.2) is 30.9 Å². The fourth-order valence-corrected chi connectivity index (χ4v) is 2.16. The first-order chi connectivity index (χ1) is 10.6. The molecule has 116 valence electrons. The van der Waals surface area contributed by atoms with E-state index in [2.05, 4.69) is 6.58 Å². The number of anilines is 1. The average Bonchev–Trinajstić information content (AvgIpc) is 2.48. The van der Waals surface area contributed by atoms with Crippen molar-refractivity contribution in [3.05, 3.63) is 36.4 Å². The van der Waals surface area contributed by atoms with Crippen molar-refractivity contribution < 1.29 is 24.2 Å². The Morgan fingerprint density at radius 2 is 2.32 bits per heavy atom. The lowest BCUT2D eigenvalue weighted by molar-refractivity contribution is -0.131. The number of hydrogen-bond donors (Lipinski definition) is 1. The molecule has 22 heavy (non-hydrogen) atoms. The number of fused-ring (bicyclic) bond motifs is 1. The molecule has 1 amide bonds. The SMILES string of the molecule is C=CCN1C(=O)COc2c(OCC)cc(/C=C/C(=O)O)cc21. The number of amides is 1. The summed E-state index contributed by atoms with van der Waals surface area (Å²) < 4.78 is 11.0. The Morgan fingerprint density at radius 3 is 2.95 bits per heavy atom. The minimum Gasteiger partial charge on any atom is -0.490 e. The molecular formula is C16H17NO5. The topological polar surface area (TPSA) is 76.1 Å². The summed E-state index contributed by atoms with van der Waals surface area (Å²) in [6.45, 7) is 6.18. The molecule has 0 spiro atoms. The fraction of sp³-hybridized carbons (Fsp3) is 0.250. The van der Waals surface area contributed by atoms with E-state index in [-0.39, 0.29) is 12.5 Å². The standard InChI is InChI=1S/C16H17NO5/c1-3-7-17-12-8-11(5-6-15(19)20)9-13(21-4-2)16(12)22-10-14(17)18/h3,5-6,8-9H,1,4,7,10H2,2H3,(H,19,20)/b6-5+. The van der Waals surface area contributed by atoms with Crippen molar-refractivity contribution in [2.24, 2.45) is 0 Å². The minimum absolute atomic E-state index is 0.0643. The van der Waals surface area contributed by atoms with Crippen LogP contribution in [0.3, 0.4) is 0 Å². The summed E-state index contributed by atoms with van der Waals surface area (Å²) in [5.74, 6) is -0.275. The molecule has 0 atom stereocenters.